The van der Waals surface area contributed by atoms with Gasteiger partial charge in [0.2, 0.25) is 0 Å². The lowest BCUT2D eigenvalue weighted by Gasteiger charge is -2.28. The van der Waals surface area contributed by atoms with Gasteiger partial charge in [0.1, 0.15) is 0 Å². The van der Waals surface area contributed by atoms with E-state index in [2.05, 4.69) is 27.9 Å². The second kappa shape index (κ2) is 19.4. The molecule has 0 aliphatic carbocycles. The minimum Gasteiger partial charge on any atom is -0.870 e. The lowest BCUT2D eigenvalue weighted by molar-refractivity contribution is -0.888. The smallest absolute Gasteiger partial charge is 0.0782 e. The Hall–Kier alpha value is 0.140. The van der Waals surface area contributed by atoms with E-state index in [1.165, 1.54) is 114 Å². The van der Waals surface area contributed by atoms with Crippen LogP contribution in [-0.2, 0) is 0 Å². The van der Waals surface area contributed by atoms with Gasteiger partial charge in [-0.25, -0.2) is 0 Å². The van der Waals surface area contributed by atoms with E-state index < -0.39 is 5.75 Å². The summed E-state index contributed by atoms with van der Waals surface area (Å²) in [5.74, 6) is -0.536. The van der Waals surface area contributed by atoms with Crippen molar-refractivity contribution in [2.75, 3.05) is 27.2 Å². The minimum absolute atomic E-state index is 0.0962. The molecular weight excluding hydrogens is 484 g/mol. The average Bonchev–Trinajstić information content (AvgIpc) is 2.77. The molecule has 1 rings (SSSR count). The van der Waals surface area contributed by atoms with E-state index >= 15 is 0 Å². The molecule has 0 heterocycles. The number of rotatable bonds is 16. The van der Waals surface area contributed by atoms with Gasteiger partial charge in [-0.05, 0) is 25.8 Å². The largest absolute Gasteiger partial charge is 0.870 e. The molecule has 32 heavy (non-hydrogen) atoms. The highest BCUT2D eigenvalue weighted by atomic mass is 35.5. The highest BCUT2D eigenvalue weighted by Gasteiger charge is 2.10. The predicted octanol–water partition coefficient (Wildman–Crippen LogP) is 9.94. The molecule has 0 aromatic heterocycles. The summed E-state index contributed by atoms with van der Waals surface area (Å²) in [5.41, 5.74) is 0. The second-order valence-electron chi connectivity index (χ2n) is 9.37. The van der Waals surface area contributed by atoms with Crippen molar-refractivity contribution in [2.24, 2.45) is 0 Å². The van der Waals surface area contributed by atoms with Gasteiger partial charge < -0.3 is 9.59 Å². The Kier molecular flexibility index (Phi) is 19.5. The minimum atomic E-state index is -0.536. The lowest BCUT2D eigenvalue weighted by atomic mass is 10.0. The second-order valence-corrected chi connectivity index (χ2v) is 10.9. The molecule has 0 aliphatic heterocycles. The molecule has 1 aromatic rings. The Balaban J connectivity index is 0.000000726. The molecule has 0 unspecified atom stereocenters. The number of unbranched alkanes of at least 4 members (excludes halogenated alkanes) is 13. The SMILES string of the molecule is CCCCCCCCCCCCCCCC[N+](C)(C)CC.[O-]c1c(Cl)c(Cl)cc(Cl)c1Cl. The molecule has 188 valence electrons. The Labute approximate surface area is 218 Å². The van der Waals surface area contributed by atoms with Gasteiger partial charge in [-0.3, -0.25) is 0 Å². The van der Waals surface area contributed by atoms with Crippen LogP contribution in [0.25, 0.3) is 0 Å². The van der Waals surface area contributed by atoms with Crippen LogP contribution in [0, 0.1) is 0 Å². The number of hydrogen-bond acceptors (Lipinski definition) is 1. The fraction of sp³-hybridized carbons (Fsp3) is 0.769. The summed E-state index contributed by atoms with van der Waals surface area (Å²) < 4.78 is 1.19. The third-order valence-electron chi connectivity index (χ3n) is 6.04. The number of hydrogen-bond donors (Lipinski definition) is 0. The third kappa shape index (κ3) is 15.9. The van der Waals surface area contributed by atoms with Gasteiger partial charge in [-0.2, -0.15) is 0 Å². The van der Waals surface area contributed by atoms with Gasteiger partial charge in [0, 0.05) is 0 Å². The van der Waals surface area contributed by atoms with Gasteiger partial charge >= 0.3 is 0 Å². The monoisotopic (exact) mass is 527 g/mol. The Morgan fingerprint density at radius 2 is 0.969 bits per heavy atom. The van der Waals surface area contributed by atoms with Crippen molar-refractivity contribution in [1.82, 2.24) is 0 Å². The van der Waals surface area contributed by atoms with Crippen LogP contribution in [0.3, 0.4) is 0 Å². The molecule has 0 atom stereocenters. The van der Waals surface area contributed by atoms with E-state index in [4.69, 9.17) is 46.4 Å². The molecule has 0 N–H and O–H groups in total. The highest BCUT2D eigenvalue weighted by molar-refractivity contribution is 6.48. The van der Waals surface area contributed by atoms with Crippen LogP contribution in [0.5, 0.6) is 5.75 Å². The van der Waals surface area contributed by atoms with Crippen molar-refractivity contribution < 1.29 is 9.59 Å². The van der Waals surface area contributed by atoms with Crippen molar-refractivity contribution in [2.45, 2.75) is 104 Å². The third-order valence-corrected chi connectivity index (χ3v) is 7.58. The maximum Gasteiger partial charge on any atom is 0.0782 e. The maximum absolute atomic E-state index is 11.0. The first-order chi connectivity index (χ1) is 15.2. The summed E-state index contributed by atoms with van der Waals surface area (Å²) in [7, 11) is 4.70. The van der Waals surface area contributed by atoms with Gasteiger partial charge in [-0.15, -0.1) is 0 Å². The molecule has 6 heteroatoms. The van der Waals surface area contributed by atoms with Crippen LogP contribution >= 0.6 is 46.4 Å². The van der Waals surface area contributed by atoms with Crippen LogP contribution in [0.2, 0.25) is 20.1 Å². The van der Waals surface area contributed by atoms with E-state index in [1.807, 2.05) is 0 Å². The first kappa shape index (κ1) is 32.1. The summed E-state index contributed by atoms with van der Waals surface area (Å²) in [6.07, 6.45) is 20.4. The molecule has 0 spiro atoms. The first-order valence-corrected chi connectivity index (χ1v) is 14.0. The van der Waals surface area contributed by atoms with Gasteiger partial charge in [0.25, 0.3) is 0 Å². The fourth-order valence-electron chi connectivity index (χ4n) is 3.44. The molecule has 2 nitrogen and oxygen atoms in total. The quantitative estimate of drug-likeness (QED) is 0.119. The van der Waals surface area contributed by atoms with Crippen LogP contribution < -0.4 is 5.11 Å². The number of nitrogens with zero attached hydrogens (tertiary/aromatic N) is 1. The zero-order valence-electron chi connectivity index (χ0n) is 20.8. The van der Waals surface area contributed by atoms with Crippen molar-refractivity contribution in [3.63, 3.8) is 0 Å². The van der Waals surface area contributed by atoms with Crippen LogP contribution in [0.4, 0.5) is 0 Å². The molecule has 0 saturated heterocycles. The standard InChI is InChI=1S/C20H44N.C6H2Cl4O/c1-5-7-8-9-10-11-12-13-14-15-16-17-18-19-20-21(3,4)6-2;7-2-1-3(8)5(10)6(11)4(2)9/h5-20H2,1-4H3;1,11H/q+1;/p-1. The predicted molar refractivity (Wildman–Crippen MR) is 144 cm³/mol. The number of halogens is 4. The number of quaternary nitrogens is 1. The van der Waals surface area contributed by atoms with Gasteiger partial charge in [-0.1, -0.05) is 136 Å². The summed E-state index contributed by atoms with van der Waals surface area (Å²) >= 11 is 22.0. The Morgan fingerprint density at radius 3 is 1.31 bits per heavy atom. The zero-order valence-corrected chi connectivity index (χ0v) is 23.8. The van der Waals surface area contributed by atoms with Crippen molar-refractivity contribution >= 4 is 46.4 Å². The summed E-state index contributed by atoms with van der Waals surface area (Å²) in [4.78, 5) is 0. The summed E-state index contributed by atoms with van der Waals surface area (Å²) in [5, 5.41) is 11.0. The van der Waals surface area contributed by atoms with E-state index in [0.29, 0.717) is 0 Å². The van der Waals surface area contributed by atoms with E-state index in [9.17, 15) is 5.11 Å². The van der Waals surface area contributed by atoms with Crippen molar-refractivity contribution in [3.8, 4) is 5.75 Å². The fourth-order valence-corrected chi connectivity index (χ4v) is 4.24. The molecule has 0 bridgehead atoms. The Morgan fingerprint density at radius 1 is 0.625 bits per heavy atom. The lowest BCUT2D eigenvalue weighted by Crippen LogP contribution is -2.39. The normalized spacial score (nSPS) is 11.4. The van der Waals surface area contributed by atoms with Crippen LogP contribution in [-0.4, -0.2) is 31.7 Å². The highest BCUT2D eigenvalue weighted by Crippen LogP contribution is 2.39. The topological polar surface area (TPSA) is 23.1 Å². The van der Waals surface area contributed by atoms with Crippen molar-refractivity contribution in [1.29, 1.82) is 0 Å². The van der Waals surface area contributed by atoms with Crippen LogP contribution in [0.1, 0.15) is 104 Å². The first-order valence-electron chi connectivity index (χ1n) is 12.5. The molecule has 0 aliphatic rings. The van der Waals surface area contributed by atoms with Gasteiger partial charge in [0.15, 0.2) is 0 Å². The van der Waals surface area contributed by atoms with E-state index in [1.54, 1.807) is 0 Å². The van der Waals surface area contributed by atoms with E-state index in [-0.39, 0.29) is 20.1 Å². The number of benzene rings is 1. The molecule has 0 radical (unpaired) electrons. The molecule has 0 saturated carbocycles. The molecule has 0 fully saturated rings. The Bertz CT molecular complexity index is 582. The van der Waals surface area contributed by atoms with E-state index in [0.717, 1.165) is 0 Å². The van der Waals surface area contributed by atoms with Gasteiger partial charge in [0.05, 0.1) is 47.3 Å². The summed E-state index contributed by atoms with van der Waals surface area (Å²) in [6, 6.07) is 1.33. The maximum atomic E-state index is 11.0. The zero-order chi connectivity index (χ0) is 24.4. The summed E-state index contributed by atoms with van der Waals surface area (Å²) in [6.45, 7) is 7.21. The molecule has 1 aromatic carbocycles. The molecular formula is C26H45Cl4NO. The molecule has 0 amide bonds. The average molecular weight is 529 g/mol. The van der Waals surface area contributed by atoms with Crippen molar-refractivity contribution in [3.05, 3.63) is 26.2 Å². The van der Waals surface area contributed by atoms with Crippen LogP contribution in [0.15, 0.2) is 6.07 Å².